The lowest BCUT2D eigenvalue weighted by Gasteiger charge is -2.35. The third-order valence-corrected chi connectivity index (χ3v) is 5.85. The van der Waals surface area contributed by atoms with Gasteiger partial charge in [0.05, 0.1) is 36.9 Å². The van der Waals surface area contributed by atoms with Gasteiger partial charge in [0, 0.05) is 25.8 Å². The van der Waals surface area contributed by atoms with Gasteiger partial charge in [-0.15, -0.1) is 0 Å². The molecule has 3 heterocycles. The molecule has 1 aromatic heterocycles. The predicted molar refractivity (Wildman–Crippen MR) is 112 cm³/mol. The second-order valence-corrected chi connectivity index (χ2v) is 7.89. The zero-order valence-electron chi connectivity index (χ0n) is 17.4. The Labute approximate surface area is 177 Å². The van der Waals surface area contributed by atoms with Crippen LogP contribution >= 0.6 is 0 Å². The van der Waals surface area contributed by atoms with E-state index in [2.05, 4.69) is 9.97 Å². The minimum absolute atomic E-state index is 0.0528. The number of ether oxygens (including phenoxy) is 1. The minimum Gasteiger partial charge on any atom is -0.378 e. The highest BCUT2D eigenvalue weighted by atomic mass is 16.5. The first-order valence-corrected chi connectivity index (χ1v) is 10.7. The zero-order chi connectivity index (χ0) is 20.9. The summed E-state index contributed by atoms with van der Waals surface area (Å²) in [7, 11) is 0. The SMILES string of the molecule is Cc1nc([C@H]2CCCCN2C(=O)Cc2ccccc2)ncc1C(=O)N1CCOCC1. The fraction of sp³-hybridized carbons (Fsp3) is 0.478. The number of morpholine rings is 1. The van der Waals surface area contributed by atoms with Crippen molar-refractivity contribution in [2.24, 2.45) is 0 Å². The Balaban J connectivity index is 1.51. The van der Waals surface area contributed by atoms with Crippen LogP contribution in [0.15, 0.2) is 36.5 Å². The van der Waals surface area contributed by atoms with E-state index in [4.69, 9.17) is 4.74 Å². The Morgan fingerprint density at radius 1 is 1.10 bits per heavy atom. The molecular formula is C23H28N4O3. The van der Waals surface area contributed by atoms with E-state index in [0.717, 1.165) is 24.8 Å². The molecule has 2 aliphatic rings. The highest BCUT2D eigenvalue weighted by molar-refractivity contribution is 5.95. The van der Waals surface area contributed by atoms with Gasteiger partial charge in [-0.05, 0) is 31.7 Å². The summed E-state index contributed by atoms with van der Waals surface area (Å²) in [4.78, 5) is 38.7. The number of aryl methyl sites for hydroxylation is 1. The van der Waals surface area contributed by atoms with Gasteiger partial charge in [-0.2, -0.15) is 0 Å². The van der Waals surface area contributed by atoms with Gasteiger partial charge >= 0.3 is 0 Å². The summed E-state index contributed by atoms with van der Waals surface area (Å²) in [6.45, 7) is 4.86. The summed E-state index contributed by atoms with van der Waals surface area (Å²) in [5.74, 6) is 0.677. The van der Waals surface area contributed by atoms with Crippen molar-refractivity contribution in [1.82, 2.24) is 19.8 Å². The van der Waals surface area contributed by atoms with Crippen LogP contribution in [0, 0.1) is 6.92 Å². The van der Waals surface area contributed by atoms with Crippen LogP contribution in [0.5, 0.6) is 0 Å². The maximum atomic E-state index is 13.0. The van der Waals surface area contributed by atoms with Gasteiger partial charge in [0.25, 0.3) is 5.91 Å². The van der Waals surface area contributed by atoms with Crippen molar-refractivity contribution in [1.29, 1.82) is 0 Å². The number of hydrogen-bond acceptors (Lipinski definition) is 5. The molecule has 0 aliphatic carbocycles. The van der Waals surface area contributed by atoms with Gasteiger partial charge in [-0.3, -0.25) is 9.59 Å². The van der Waals surface area contributed by atoms with Crippen molar-refractivity contribution in [3.8, 4) is 0 Å². The van der Waals surface area contributed by atoms with Crippen LogP contribution in [0.3, 0.4) is 0 Å². The summed E-state index contributed by atoms with van der Waals surface area (Å²) >= 11 is 0. The molecule has 0 bridgehead atoms. The average Bonchev–Trinajstić information content (AvgIpc) is 2.80. The van der Waals surface area contributed by atoms with Crippen LogP contribution in [-0.2, 0) is 16.0 Å². The van der Waals surface area contributed by atoms with Crippen LogP contribution < -0.4 is 0 Å². The molecule has 7 nitrogen and oxygen atoms in total. The maximum absolute atomic E-state index is 13.0. The first-order chi connectivity index (χ1) is 14.6. The van der Waals surface area contributed by atoms with Crippen LogP contribution in [0.25, 0.3) is 0 Å². The molecule has 30 heavy (non-hydrogen) atoms. The summed E-state index contributed by atoms with van der Waals surface area (Å²) in [5.41, 5.74) is 2.20. The second-order valence-electron chi connectivity index (χ2n) is 7.89. The number of carbonyl (C=O) groups is 2. The molecule has 0 unspecified atom stereocenters. The molecule has 2 aliphatic heterocycles. The molecule has 158 valence electrons. The van der Waals surface area contributed by atoms with Crippen LogP contribution in [-0.4, -0.2) is 64.4 Å². The molecule has 2 saturated heterocycles. The molecule has 2 fully saturated rings. The number of carbonyl (C=O) groups excluding carboxylic acids is 2. The van der Waals surface area contributed by atoms with E-state index in [1.807, 2.05) is 42.2 Å². The Kier molecular flexibility index (Phi) is 6.38. The van der Waals surface area contributed by atoms with Gasteiger partial charge in [-0.25, -0.2) is 9.97 Å². The van der Waals surface area contributed by atoms with Crippen molar-refractivity contribution >= 4 is 11.8 Å². The number of hydrogen-bond donors (Lipinski definition) is 0. The first-order valence-electron chi connectivity index (χ1n) is 10.7. The smallest absolute Gasteiger partial charge is 0.257 e. The molecular weight excluding hydrogens is 380 g/mol. The predicted octanol–water partition coefficient (Wildman–Crippen LogP) is 2.55. The van der Waals surface area contributed by atoms with Crippen molar-refractivity contribution in [3.05, 3.63) is 59.2 Å². The number of amides is 2. The molecule has 0 N–H and O–H groups in total. The fourth-order valence-electron chi connectivity index (χ4n) is 4.16. The molecule has 0 spiro atoms. The lowest BCUT2D eigenvalue weighted by molar-refractivity contribution is -0.134. The molecule has 2 amide bonds. The van der Waals surface area contributed by atoms with Crippen molar-refractivity contribution in [2.75, 3.05) is 32.8 Å². The Morgan fingerprint density at radius 2 is 1.87 bits per heavy atom. The lowest BCUT2D eigenvalue weighted by Crippen LogP contribution is -2.41. The first kappa shape index (κ1) is 20.5. The van der Waals surface area contributed by atoms with Crippen molar-refractivity contribution < 1.29 is 14.3 Å². The topological polar surface area (TPSA) is 75.6 Å². The Bertz CT molecular complexity index is 897. The maximum Gasteiger partial charge on any atom is 0.257 e. The normalized spacial score (nSPS) is 19.6. The lowest BCUT2D eigenvalue weighted by atomic mass is 9.99. The van der Waals surface area contributed by atoms with E-state index in [1.165, 1.54) is 0 Å². The summed E-state index contributed by atoms with van der Waals surface area (Å²) in [6, 6.07) is 9.67. The van der Waals surface area contributed by atoms with Gasteiger partial charge < -0.3 is 14.5 Å². The number of benzene rings is 1. The van der Waals surface area contributed by atoms with Crippen molar-refractivity contribution in [2.45, 2.75) is 38.6 Å². The summed E-state index contributed by atoms with van der Waals surface area (Å²) < 4.78 is 5.33. The number of piperidine rings is 1. The van der Waals surface area contributed by atoms with Crippen LogP contribution in [0.2, 0.25) is 0 Å². The van der Waals surface area contributed by atoms with Gasteiger partial charge in [-0.1, -0.05) is 30.3 Å². The van der Waals surface area contributed by atoms with E-state index in [-0.39, 0.29) is 17.9 Å². The van der Waals surface area contributed by atoms with E-state index >= 15 is 0 Å². The van der Waals surface area contributed by atoms with E-state index in [1.54, 1.807) is 11.1 Å². The largest absolute Gasteiger partial charge is 0.378 e. The summed E-state index contributed by atoms with van der Waals surface area (Å²) in [5, 5.41) is 0. The van der Waals surface area contributed by atoms with Gasteiger partial charge in [0.2, 0.25) is 5.91 Å². The van der Waals surface area contributed by atoms with E-state index in [9.17, 15) is 9.59 Å². The second kappa shape index (κ2) is 9.34. The third-order valence-electron chi connectivity index (χ3n) is 5.85. The standard InChI is InChI=1S/C23H28N4O3/c1-17-19(23(29)26-11-13-30-14-12-26)16-24-22(25-17)20-9-5-6-10-27(20)21(28)15-18-7-3-2-4-8-18/h2-4,7-8,16,20H,5-6,9-15H2,1H3/t20-/m1/s1. The number of nitrogens with zero attached hydrogens (tertiary/aromatic N) is 4. The van der Waals surface area contributed by atoms with E-state index in [0.29, 0.717) is 56.4 Å². The zero-order valence-corrected chi connectivity index (χ0v) is 17.4. The molecule has 0 radical (unpaired) electrons. The Morgan fingerprint density at radius 3 is 2.60 bits per heavy atom. The molecule has 7 heteroatoms. The van der Waals surface area contributed by atoms with Crippen LogP contribution in [0.4, 0.5) is 0 Å². The number of rotatable bonds is 4. The molecule has 4 rings (SSSR count). The molecule has 1 atom stereocenters. The third kappa shape index (κ3) is 4.51. The molecule has 0 saturated carbocycles. The number of aromatic nitrogens is 2. The average molecular weight is 409 g/mol. The monoisotopic (exact) mass is 408 g/mol. The quantitative estimate of drug-likeness (QED) is 0.777. The summed E-state index contributed by atoms with van der Waals surface area (Å²) in [6.07, 6.45) is 4.88. The van der Waals surface area contributed by atoms with E-state index < -0.39 is 0 Å². The van der Waals surface area contributed by atoms with Crippen LogP contribution in [0.1, 0.15) is 52.7 Å². The highest BCUT2D eigenvalue weighted by Crippen LogP contribution is 2.30. The van der Waals surface area contributed by atoms with Crippen molar-refractivity contribution in [3.63, 3.8) is 0 Å². The highest BCUT2D eigenvalue weighted by Gasteiger charge is 2.31. The van der Waals surface area contributed by atoms with Gasteiger partial charge in [0.1, 0.15) is 0 Å². The number of likely N-dealkylation sites (tertiary alicyclic amines) is 1. The molecule has 2 aromatic rings. The Hall–Kier alpha value is -2.80. The molecule has 1 aromatic carbocycles. The fourth-order valence-corrected chi connectivity index (χ4v) is 4.16. The van der Waals surface area contributed by atoms with Gasteiger partial charge in [0.15, 0.2) is 5.82 Å². The minimum atomic E-state index is -0.138.